The normalized spacial score (nSPS) is 10.8. The molecule has 0 spiro atoms. The third-order valence-electron chi connectivity index (χ3n) is 3.84. The van der Waals surface area contributed by atoms with Gasteiger partial charge in [0.25, 0.3) is 11.6 Å². The monoisotopic (exact) mass is 387 g/mol. The first kappa shape index (κ1) is 18.3. The van der Waals surface area contributed by atoms with Crippen molar-refractivity contribution in [2.24, 2.45) is 0 Å². The summed E-state index contributed by atoms with van der Waals surface area (Å²) in [6.45, 7) is 0.440. The number of thioether (sulfide) groups is 1. The number of fused-ring (bicyclic) bond motifs is 1. The van der Waals surface area contributed by atoms with E-state index in [0.717, 1.165) is 33.0 Å². The number of hydrogen-bond acceptors (Lipinski definition) is 6. The third-order valence-corrected chi connectivity index (χ3v) is 5.66. The van der Waals surface area contributed by atoms with Crippen LogP contribution in [0.4, 0.5) is 5.69 Å². The number of benzene rings is 2. The summed E-state index contributed by atoms with van der Waals surface area (Å²) in [6.07, 6.45) is 3.34. The van der Waals surface area contributed by atoms with Gasteiger partial charge in [0.1, 0.15) is 5.56 Å². The van der Waals surface area contributed by atoms with Crippen LogP contribution in [0.25, 0.3) is 10.2 Å². The van der Waals surface area contributed by atoms with Crippen molar-refractivity contribution in [3.05, 3.63) is 63.1 Å². The molecule has 1 aromatic heterocycles. The number of nitrogens with one attached hydrogen (secondary N) is 1. The molecule has 3 aromatic rings. The highest BCUT2D eigenvalue weighted by Crippen LogP contribution is 2.25. The van der Waals surface area contributed by atoms with Gasteiger partial charge in [-0.15, -0.1) is 23.1 Å². The Bertz CT molecular complexity index is 923. The van der Waals surface area contributed by atoms with Crippen LogP contribution >= 0.6 is 23.1 Å². The van der Waals surface area contributed by atoms with E-state index in [4.69, 9.17) is 0 Å². The van der Waals surface area contributed by atoms with Crippen LogP contribution in [0.2, 0.25) is 0 Å². The Kier molecular flexibility index (Phi) is 5.85. The molecule has 0 radical (unpaired) electrons. The molecule has 0 fully saturated rings. The SMILES string of the molecule is CSc1ccc([N+](=O)[O-])c(C(=O)NCCCc2nc3ccccc3s2)c1. The van der Waals surface area contributed by atoms with Gasteiger partial charge in [0.2, 0.25) is 0 Å². The zero-order valence-electron chi connectivity index (χ0n) is 14.1. The lowest BCUT2D eigenvalue weighted by molar-refractivity contribution is -0.385. The van der Waals surface area contributed by atoms with E-state index in [0.29, 0.717) is 6.54 Å². The van der Waals surface area contributed by atoms with E-state index in [-0.39, 0.29) is 11.3 Å². The van der Waals surface area contributed by atoms with Gasteiger partial charge < -0.3 is 5.32 Å². The molecule has 0 aliphatic rings. The van der Waals surface area contributed by atoms with Gasteiger partial charge in [0.05, 0.1) is 20.1 Å². The number of nitro benzene ring substituents is 1. The third kappa shape index (κ3) is 4.20. The average Bonchev–Trinajstić information content (AvgIpc) is 3.07. The number of para-hydroxylation sites is 1. The average molecular weight is 387 g/mol. The Hall–Kier alpha value is -2.45. The molecule has 134 valence electrons. The Morgan fingerprint density at radius 1 is 1.31 bits per heavy atom. The minimum atomic E-state index is -0.528. The van der Waals surface area contributed by atoms with Gasteiger partial charge in [-0.3, -0.25) is 14.9 Å². The molecule has 1 heterocycles. The fourth-order valence-electron chi connectivity index (χ4n) is 2.55. The maximum absolute atomic E-state index is 12.4. The Morgan fingerprint density at radius 3 is 2.85 bits per heavy atom. The molecule has 0 saturated carbocycles. The molecular formula is C18H17N3O3S2. The first-order chi connectivity index (χ1) is 12.6. The highest BCUT2D eigenvalue weighted by atomic mass is 32.2. The van der Waals surface area contributed by atoms with Crippen molar-refractivity contribution in [2.75, 3.05) is 12.8 Å². The molecule has 2 aromatic carbocycles. The van der Waals surface area contributed by atoms with Crippen LogP contribution in [-0.2, 0) is 6.42 Å². The number of rotatable bonds is 7. The van der Waals surface area contributed by atoms with Crippen molar-refractivity contribution in [2.45, 2.75) is 17.7 Å². The smallest absolute Gasteiger partial charge is 0.282 e. The first-order valence-corrected chi connectivity index (χ1v) is 10.1. The Balaban J connectivity index is 1.59. The number of aryl methyl sites for hydroxylation is 1. The lowest BCUT2D eigenvalue weighted by Crippen LogP contribution is -2.25. The van der Waals surface area contributed by atoms with Crippen molar-refractivity contribution in [3.63, 3.8) is 0 Å². The molecule has 1 N–H and O–H groups in total. The second-order valence-electron chi connectivity index (χ2n) is 5.57. The van der Waals surface area contributed by atoms with Crippen LogP contribution in [0.5, 0.6) is 0 Å². The van der Waals surface area contributed by atoms with Crippen LogP contribution in [-0.4, -0.2) is 28.6 Å². The fourth-order valence-corrected chi connectivity index (χ4v) is 4.00. The van der Waals surface area contributed by atoms with Gasteiger partial charge in [0, 0.05) is 23.9 Å². The molecule has 0 aliphatic heterocycles. The predicted molar refractivity (Wildman–Crippen MR) is 105 cm³/mol. The van der Waals surface area contributed by atoms with E-state index in [9.17, 15) is 14.9 Å². The van der Waals surface area contributed by atoms with Crippen LogP contribution in [0.15, 0.2) is 47.4 Å². The Morgan fingerprint density at radius 2 is 2.12 bits per heavy atom. The summed E-state index contributed by atoms with van der Waals surface area (Å²) in [4.78, 5) is 28.3. The number of aromatic nitrogens is 1. The minimum Gasteiger partial charge on any atom is -0.352 e. The molecule has 6 nitrogen and oxygen atoms in total. The molecule has 3 rings (SSSR count). The molecular weight excluding hydrogens is 370 g/mol. The molecule has 0 aliphatic carbocycles. The molecule has 0 bridgehead atoms. The molecule has 8 heteroatoms. The topological polar surface area (TPSA) is 85.1 Å². The van der Waals surface area contributed by atoms with E-state index < -0.39 is 10.8 Å². The number of thiazole rings is 1. The number of amides is 1. The number of hydrogen-bond donors (Lipinski definition) is 1. The molecule has 0 saturated heterocycles. The summed E-state index contributed by atoms with van der Waals surface area (Å²) in [7, 11) is 0. The summed E-state index contributed by atoms with van der Waals surface area (Å²) in [5, 5.41) is 14.9. The van der Waals surface area contributed by atoms with E-state index in [1.165, 1.54) is 17.8 Å². The Labute approximate surface area is 158 Å². The van der Waals surface area contributed by atoms with Gasteiger partial charge in [-0.1, -0.05) is 12.1 Å². The molecule has 1 amide bonds. The van der Waals surface area contributed by atoms with Crippen molar-refractivity contribution in [3.8, 4) is 0 Å². The minimum absolute atomic E-state index is 0.0989. The highest BCUT2D eigenvalue weighted by molar-refractivity contribution is 7.98. The quantitative estimate of drug-likeness (QED) is 0.283. The van der Waals surface area contributed by atoms with Crippen LogP contribution in [0.1, 0.15) is 21.8 Å². The lowest BCUT2D eigenvalue weighted by atomic mass is 10.1. The number of nitro groups is 1. The predicted octanol–water partition coefficient (Wildman–Crippen LogP) is 4.29. The van der Waals surface area contributed by atoms with Crippen LogP contribution in [0, 0.1) is 10.1 Å². The van der Waals surface area contributed by atoms with Gasteiger partial charge in [-0.05, 0) is 36.9 Å². The first-order valence-electron chi connectivity index (χ1n) is 8.03. The van der Waals surface area contributed by atoms with Gasteiger partial charge in [-0.25, -0.2) is 4.98 Å². The van der Waals surface area contributed by atoms with E-state index in [1.807, 2.05) is 30.5 Å². The molecule has 0 atom stereocenters. The van der Waals surface area contributed by atoms with Crippen LogP contribution < -0.4 is 5.32 Å². The highest BCUT2D eigenvalue weighted by Gasteiger charge is 2.20. The standard InChI is InChI=1S/C18H17N3O3S2/c1-25-12-8-9-15(21(23)24)13(11-12)18(22)19-10-4-7-17-20-14-5-2-3-6-16(14)26-17/h2-3,5-6,8-9,11H,4,7,10H2,1H3,(H,19,22). The van der Waals surface area contributed by atoms with Gasteiger partial charge in [-0.2, -0.15) is 0 Å². The van der Waals surface area contributed by atoms with Gasteiger partial charge >= 0.3 is 0 Å². The maximum atomic E-state index is 12.4. The maximum Gasteiger partial charge on any atom is 0.282 e. The van der Waals surface area contributed by atoms with Crippen molar-refractivity contribution >= 4 is 44.9 Å². The van der Waals surface area contributed by atoms with Crippen LogP contribution in [0.3, 0.4) is 0 Å². The summed E-state index contributed by atoms with van der Waals surface area (Å²) < 4.78 is 1.15. The number of carbonyl (C=O) groups is 1. The summed E-state index contributed by atoms with van der Waals surface area (Å²) >= 11 is 3.09. The zero-order chi connectivity index (χ0) is 18.5. The summed E-state index contributed by atoms with van der Waals surface area (Å²) in [5.41, 5.74) is 0.911. The number of nitrogens with zero attached hydrogens (tertiary/aromatic N) is 2. The van der Waals surface area contributed by atoms with Gasteiger partial charge in [0.15, 0.2) is 0 Å². The second kappa shape index (κ2) is 8.29. The summed E-state index contributed by atoms with van der Waals surface area (Å²) in [5.74, 6) is -0.420. The zero-order valence-corrected chi connectivity index (χ0v) is 15.7. The molecule has 0 unspecified atom stereocenters. The largest absolute Gasteiger partial charge is 0.352 e. The lowest BCUT2D eigenvalue weighted by Gasteiger charge is -2.06. The van der Waals surface area contributed by atoms with Crippen molar-refractivity contribution in [1.82, 2.24) is 10.3 Å². The van der Waals surface area contributed by atoms with E-state index >= 15 is 0 Å². The molecule has 26 heavy (non-hydrogen) atoms. The fraction of sp³-hybridized carbons (Fsp3) is 0.222. The van der Waals surface area contributed by atoms with Crippen molar-refractivity contribution < 1.29 is 9.72 Å². The second-order valence-corrected chi connectivity index (χ2v) is 7.57. The summed E-state index contributed by atoms with van der Waals surface area (Å²) in [6, 6.07) is 12.5. The number of carbonyl (C=O) groups excluding carboxylic acids is 1. The van der Waals surface area contributed by atoms with E-state index in [1.54, 1.807) is 23.5 Å². The van der Waals surface area contributed by atoms with E-state index in [2.05, 4.69) is 10.3 Å². The van der Waals surface area contributed by atoms with Crippen molar-refractivity contribution in [1.29, 1.82) is 0 Å².